The van der Waals surface area contributed by atoms with Crippen molar-refractivity contribution >= 4 is 5.97 Å². The van der Waals surface area contributed by atoms with E-state index in [2.05, 4.69) is 0 Å². The van der Waals surface area contributed by atoms with Gasteiger partial charge in [-0.05, 0) is 19.8 Å². The van der Waals surface area contributed by atoms with Gasteiger partial charge in [-0.15, -0.1) is 0 Å². The Labute approximate surface area is 79.5 Å². The van der Waals surface area contributed by atoms with Crippen LogP contribution < -0.4 is 0 Å². The Morgan fingerprint density at radius 1 is 1.57 bits per heavy atom. The van der Waals surface area contributed by atoms with E-state index in [0.717, 1.165) is 0 Å². The molecule has 0 spiro atoms. The third-order valence-corrected chi connectivity index (χ3v) is 2.27. The van der Waals surface area contributed by atoms with Gasteiger partial charge < -0.3 is 14.9 Å². The van der Waals surface area contributed by atoms with E-state index < -0.39 is 24.1 Å². The molecule has 4 nitrogen and oxygen atoms in total. The lowest BCUT2D eigenvalue weighted by Crippen LogP contribution is -2.48. The number of carboxylic acid groups (broad SMARTS) is 1. The Bertz CT molecular complexity index is 231. The highest BCUT2D eigenvalue weighted by Crippen LogP contribution is 2.30. The molecule has 0 saturated carbocycles. The number of aliphatic hydroxyl groups is 1. The summed E-state index contributed by atoms with van der Waals surface area (Å²) < 4.78 is 30.5. The van der Waals surface area contributed by atoms with Crippen molar-refractivity contribution in [1.29, 1.82) is 0 Å². The fourth-order valence-corrected chi connectivity index (χ4v) is 1.43. The molecule has 3 unspecified atom stereocenters. The standard InChI is InChI=1S/C8H12F2O4/c1-4-2-3-5(14-4)6(11)8(9,10)7(12)13/h4-6,11H,2-3H2,1H3,(H,12,13). The van der Waals surface area contributed by atoms with Gasteiger partial charge in [-0.1, -0.05) is 0 Å². The van der Waals surface area contributed by atoms with Gasteiger partial charge in [-0.2, -0.15) is 8.78 Å². The summed E-state index contributed by atoms with van der Waals surface area (Å²) in [5.74, 6) is -6.47. The van der Waals surface area contributed by atoms with Crippen LogP contribution in [0.4, 0.5) is 8.78 Å². The lowest BCUT2D eigenvalue weighted by Gasteiger charge is -2.23. The molecule has 2 N–H and O–H groups in total. The van der Waals surface area contributed by atoms with Crippen LogP contribution >= 0.6 is 0 Å². The Hall–Kier alpha value is -0.750. The van der Waals surface area contributed by atoms with Crippen molar-refractivity contribution in [3.05, 3.63) is 0 Å². The van der Waals surface area contributed by atoms with Crippen molar-refractivity contribution in [1.82, 2.24) is 0 Å². The van der Waals surface area contributed by atoms with Crippen molar-refractivity contribution < 1.29 is 28.5 Å². The first-order valence-corrected chi connectivity index (χ1v) is 4.30. The van der Waals surface area contributed by atoms with Crippen LogP contribution in [0.1, 0.15) is 19.8 Å². The lowest BCUT2D eigenvalue weighted by atomic mass is 10.0. The molecule has 0 aromatic heterocycles. The summed E-state index contributed by atoms with van der Waals surface area (Å²) in [6.07, 6.45) is -2.76. The number of aliphatic carboxylic acids is 1. The van der Waals surface area contributed by atoms with E-state index in [1.54, 1.807) is 6.92 Å². The highest BCUT2D eigenvalue weighted by molar-refractivity contribution is 5.76. The van der Waals surface area contributed by atoms with E-state index in [0.29, 0.717) is 6.42 Å². The minimum absolute atomic E-state index is 0.209. The maximum Gasteiger partial charge on any atom is 0.377 e. The minimum Gasteiger partial charge on any atom is -0.477 e. The molecule has 1 saturated heterocycles. The van der Waals surface area contributed by atoms with Crippen molar-refractivity contribution in [2.75, 3.05) is 0 Å². The molecule has 0 radical (unpaired) electrons. The number of carbonyl (C=O) groups is 1. The second kappa shape index (κ2) is 3.78. The molecule has 1 heterocycles. The molecule has 1 aliphatic rings. The summed E-state index contributed by atoms with van der Waals surface area (Å²) in [5, 5.41) is 17.3. The Kier molecular flexibility index (Phi) is 3.06. The lowest BCUT2D eigenvalue weighted by molar-refractivity contribution is -0.196. The average molecular weight is 210 g/mol. The smallest absolute Gasteiger partial charge is 0.377 e. The van der Waals surface area contributed by atoms with E-state index in [9.17, 15) is 13.6 Å². The molecule has 1 rings (SSSR count). The summed E-state index contributed by atoms with van der Waals surface area (Å²) in [6, 6.07) is 0. The van der Waals surface area contributed by atoms with Crippen molar-refractivity contribution in [2.45, 2.75) is 44.0 Å². The van der Waals surface area contributed by atoms with Gasteiger partial charge in [0.25, 0.3) is 0 Å². The summed E-state index contributed by atoms with van der Waals surface area (Å²) in [4.78, 5) is 10.1. The molecule has 0 aromatic carbocycles. The third-order valence-electron chi connectivity index (χ3n) is 2.27. The largest absolute Gasteiger partial charge is 0.477 e. The number of hydrogen-bond acceptors (Lipinski definition) is 3. The van der Waals surface area contributed by atoms with E-state index in [1.165, 1.54) is 0 Å². The van der Waals surface area contributed by atoms with Crippen LogP contribution in [0.25, 0.3) is 0 Å². The maximum absolute atomic E-state index is 12.8. The monoisotopic (exact) mass is 210 g/mol. The first-order valence-electron chi connectivity index (χ1n) is 4.30. The predicted molar refractivity (Wildman–Crippen MR) is 42.2 cm³/mol. The number of ether oxygens (including phenoxy) is 1. The highest BCUT2D eigenvalue weighted by atomic mass is 19.3. The van der Waals surface area contributed by atoms with Gasteiger partial charge in [0.1, 0.15) is 0 Å². The normalized spacial score (nSPS) is 30.3. The fourth-order valence-electron chi connectivity index (χ4n) is 1.43. The molecular formula is C8H12F2O4. The number of carboxylic acids is 1. The van der Waals surface area contributed by atoms with Gasteiger partial charge in [0, 0.05) is 0 Å². The third kappa shape index (κ3) is 2.01. The van der Waals surface area contributed by atoms with Crippen LogP contribution in [0, 0.1) is 0 Å². The van der Waals surface area contributed by atoms with Crippen LogP contribution in [-0.2, 0) is 9.53 Å². The van der Waals surface area contributed by atoms with Crippen molar-refractivity contribution in [2.24, 2.45) is 0 Å². The Morgan fingerprint density at radius 2 is 2.14 bits per heavy atom. The number of hydrogen-bond donors (Lipinski definition) is 2. The number of halogens is 2. The first-order chi connectivity index (χ1) is 6.35. The van der Waals surface area contributed by atoms with Gasteiger partial charge in [0.05, 0.1) is 12.2 Å². The average Bonchev–Trinajstić information content (AvgIpc) is 2.50. The van der Waals surface area contributed by atoms with Gasteiger partial charge in [-0.25, -0.2) is 4.79 Å². The second-order valence-corrected chi connectivity index (χ2v) is 3.44. The summed E-state index contributed by atoms with van der Waals surface area (Å²) >= 11 is 0. The van der Waals surface area contributed by atoms with Gasteiger partial charge in [0.2, 0.25) is 0 Å². The van der Waals surface area contributed by atoms with Crippen LogP contribution in [-0.4, -0.2) is 40.4 Å². The van der Waals surface area contributed by atoms with Crippen LogP contribution in [0.2, 0.25) is 0 Å². The van der Waals surface area contributed by atoms with Crippen molar-refractivity contribution in [3.8, 4) is 0 Å². The molecule has 3 atom stereocenters. The molecule has 1 aliphatic heterocycles. The highest BCUT2D eigenvalue weighted by Gasteiger charge is 2.52. The molecule has 1 fully saturated rings. The zero-order valence-corrected chi connectivity index (χ0v) is 7.61. The number of alkyl halides is 2. The van der Waals surface area contributed by atoms with Crippen LogP contribution in [0.3, 0.4) is 0 Å². The molecular weight excluding hydrogens is 198 g/mol. The molecule has 14 heavy (non-hydrogen) atoms. The van der Waals surface area contributed by atoms with Crippen molar-refractivity contribution in [3.63, 3.8) is 0 Å². The quantitative estimate of drug-likeness (QED) is 0.717. The molecule has 0 aromatic rings. The zero-order valence-electron chi connectivity index (χ0n) is 7.61. The SMILES string of the molecule is CC1CCC(C(O)C(F)(F)C(=O)O)O1. The summed E-state index contributed by atoms with van der Waals surface area (Å²) in [5.41, 5.74) is 0. The zero-order chi connectivity index (χ0) is 10.9. The fraction of sp³-hybridized carbons (Fsp3) is 0.875. The van der Waals surface area contributed by atoms with Crippen LogP contribution in [0.5, 0.6) is 0 Å². The topological polar surface area (TPSA) is 66.8 Å². The number of aliphatic hydroxyl groups excluding tert-OH is 1. The second-order valence-electron chi connectivity index (χ2n) is 3.44. The molecule has 6 heteroatoms. The minimum atomic E-state index is -4.14. The summed E-state index contributed by atoms with van der Waals surface area (Å²) in [7, 11) is 0. The Morgan fingerprint density at radius 3 is 2.50 bits per heavy atom. The first kappa shape index (κ1) is 11.3. The van der Waals surface area contributed by atoms with E-state index in [1.807, 2.05) is 0 Å². The maximum atomic E-state index is 12.8. The van der Waals surface area contributed by atoms with Gasteiger partial charge in [0.15, 0.2) is 6.10 Å². The van der Waals surface area contributed by atoms with E-state index in [-0.39, 0.29) is 12.5 Å². The molecule has 0 aliphatic carbocycles. The molecule has 0 bridgehead atoms. The summed E-state index contributed by atoms with van der Waals surface area (Å²) in [6.45, 7) is 1.69. The molecule has 0 amide bonds. The van der Waals surface area contributed by atoms with E-state index >= 15 is 0 Å². The van der Waals surface area contributed by atoms with E-state index in [4.69, 9.17) is 14.9 Å². The molecule has 82 valence electrons. The Balaban J connectivity index is 2.65. The number of rotatable bonds is 3. The predicted octanol–water partition coefficient (Wildman–Crippen LogP) is 0.635. The van der Waals surface area contributed by atoms with Gasteiger partial charge in [-0.3, -0.25) is 0 Å². The van der Waals surface area contributed by atoms with Crippen LogP contribution in [0.15, 0.2) is 0 Å². The van der Waals surface area contributed by atoms with Gasteiger partial charge >= 0.3 is 11.9 Å².